The Morgan fingerprint density at radius 3 is 2.20 bits per heavy atom. The summed E-state index contributed by atoms with van der Waals surface area (Å²) in [6.07, 6.45) is -5.22. The minimum absolute atomic E-state index is 0.0411. The smallest absolute Gasteiger partial charge is 0.348 e. The minimum atomic E-state index is -5.00. The van der Waals surface area contributed by atoms with Crippen LogP contribution in [0.2, 0.25) is 15.1 Å². The minimum Gasteiger partial charge on any atom is -0.348 e. The Labute approximate surface area is 223 Å². The van der Waals surface area contributed by atoms with Crippen molar-refractivity contribution in [1.29, 1.82) is 0 Å². The normalized spacial score (nSPS) is 18.6. The van der Waals surface area contributed by atoms with Crippen LogP contribution in [-0.2, 0) is 9.59 Å². The van der Waals surface area contributed by atoms with Crippen LogP contribution < -0.4 is 10.6 Å². The summed E-state index contributed by atoms with van der Waals surface area (Å²) in [4.78, 5) is 36.2. The van der Waals surface area contributed by atoms with Crippen LogP contribution >= 0.6 is 58.0 Å². The summed E-state index contributed by atoms with van der Waals surface area (Å²) < 4.78 is 35.2. The molecule has 2 N–H and O–H groups in total. The third kappa shape index (κ3) is 6.74. The number of nitrogens with one attached hydrogen (secondary N) is 2. The number of hydrogen-bond acceptors (Lipinski definition) is 3. The molecular weight excluding hydrogens is 575 g/mol. The first-order valence-corrected chi connectivity index (χ1v) is 11.9. The van der Waals surface area contributed by atoms with E-state index in [0.29, 0.717) is 15.6 Å². The molecule has 1 aliphatic carbocycles. The zero-order chi connectivity index (χ0) is 26.1. The predicted octanol–water partition coefficient (Wildman–Crippen LogP) is 6.81. The second kappa shape index (κ2) is 10.7. The van der Waals surface area contributed by atoms with Crippen molar-refractivity contribution in [2.75, 3.05) is 11.9 Å². The summed E-state index contributed by atoms with van der Waals surface area (Å²) in [5.41, 5.74) is 0.896. The fraction of sp³-hybridized carbons (Fsp3) is 0.318. The maximum atomic E-state index is 12.9. The van der Waals surface area contributed by atoms with Crippen molar-refractivity contribution in [2.24, 2.45) is 5.92 Å². The number of rotatable bonds is 8. The van der Waals surface area contributed by atoms with Gasteiger partial charge in [-0.05, 0) is 48.4 Å². The Bertz CT molecular complexity index is 1150. The lowest BCUT2D eigenvalue weighted by molar-refractivity contribution is -0.173. The molecule has 1 fully saturated rings. The fourth-order valence-electron chi connectivity index (χ4n) is 3.54. The van der Waals surface area contributed by atoms with E-state index in [-0.39, 0.29) is 35.7 Å². The van der Waals surface area contributed by atoms with E-state index < -0.39 is 39.9 Å². The number of carbonyl (C=O) groups excluding carboxylic acids is 3. The highest BCUT2D eigenvalue weighted by atomic mass is 35.5. The van der Waals surface area contributed by atoms with Gasteiger partial charge in [-0.2, -0.15) is 13.2 Å². The van der Waals surface area contributed by atoms with Gasteiger partial charge in [0.1, 0.15) is 4.33 Å². The lowest BCUT2D eigenvalue weighted by Crippen LogP contribution is -2.37. The zero-order valence-corrected chi connectivity index (χ0v) is 21.3. The van der Waals surface area contributed by atoms with Gasteiger partial charge in [-0.1, -0.05) is 34.8 Å². The van der Waals surface area contributed by atoms with Crippen molar-refractivity contribution in [3.05, 3.63) is 62.6 Å². The summed E-state index contributed by atoms with van der Waals surface area (Å²) in [5, 5.41) is 5.15. The molecule has 2 atom stereocenters. The van der Waals surface area contributed by atoms with Gasteiger partial charge >= 0.3 is 12.1 Å². The number of carbonyl (C=O) groups is 3. The fourth-order valence-corrected chi connectivity index (χ4v) is 5.14. The standard InChI is InChI=1S/C22H16Cl5F3N2O3/c23-11-6-10(7-12(24)8-11)17-18(21(17,26)27)19(34)32-13-3-4-15(25)14(9-13)16(33)2-1-5-31-20(35)22(28,29)30/h3-4,6-9,17-18H,1-2,5H2,(H,31,35)(H,32,34). The van der Waals surface area contributed by atoms with Gasteiger partial charge in [-0.15, -0.1) is 23.2 Å². The second-order valence-corrected chi connectivity index (χ2v) is 10.5. The van der Waals surface area contributed by atoms with Crippen molar-refractivity contribution >= 4 is 81.3 Å². The molecule has 188 valence electrons. The van der Waals surface area contributed by atoms with Crippen molar-refractivity contribution in [2.45, 2.75) is 29.3 Å². The molecule has 1 aliphatic rings. The predicted molar refractivity (Wildman–Crippen MR) is 130 cm³/mol. The van der Waals surface area contributed by atoms with Crippen LogP contribution in [0.5, 0.6) is 0 Å². The van der Waals surface area contributed by atoms with E-state index in [4.69, 9.17) is 58.0 Å². The number of halogens is 8. The lowest BCUT2D eigenvalue weighted by Gasteiger charge is -2.10. The maximum absolute atomic E-state index is 12.9. The molecule has 2 aromatic rings. The first-order chi connectivity index (χ1) is 16.2. The van der Waals surface area contributed by atoms with Crippen molar-refractivity contribution in [3.63, 3.8) is 0 Å². The van der Waals surface area contributed by atoms with Crippen LogP contribution in [0.3, 0.4) is 0 Å². The topological polar surface area (TPSA) is 75.3 Å². The number of hydrogen-bond donors (Lipinski definition) is 2. The first kappa shape index (κ1) is 27.9. The van der Waals surface area contributed by atoms with Crippen molar-refractivity contribution in [3.8, 4) is 0 Å². The monoisotopic (exact) mass is 588 g/mol. The second-order valence-electron chi connectivity index (χ2n) is 7.80. The van der Waals surface area contributed by atoms with Gasteiger partial charge in [0, 0.05) is 40.2 Å². The zero-order valence-electron chi connectivity index (χ0n) is 17.5. The quantitative estimate of drug-likeness (QED) is 0.201. The lowest BCUT2D eigenvalue weighted by atomic mass is 10.1. The van der Waals surface area contributed by atoms with E-state index in [0.717, 1.165) is 0 Å². The molecule has 2 amide bonds. The summed E-state index contributed by atoms with van der Waals surface area (Å²) in [6.45, 7) is -0.345. The molecule has 13 heteroatoms. The Kier molecular flexibility index (Phi) is 8.54. The molecule has 0 heterocycles. The Hall–Kier alpha value is -1.71. The number of alkyl halides is 5. The molecule has 2 unspecified atom stereocenters. The molecule has 0 bridgehead atoms. The third-order valence-corrected chi connectivity index (χ3v) is 6.94. The number of Topliss-reactive ketones (excluding diaryl/α,β-unsaturated/α-hetero) is 1. The van der Waals surface area contributed by atoms with Crippen LogP contribution in [0.1, 0.15) is 34.7 Å². The summed E-state index contributed by atoms with van der Waals surface area (Å²) in [5.74, 6) is -4.46. The number of amides is 2. The average Bonchev–Trinajstić information content (AvgIpc) is 3.33. The van der Waals surface area contributed by atoms with E-state index in [1.807, 2.05) is 0 Å². The third-order valence-electron chi connectivity index (χ3n) is 5.24. The SMILES string of the molecule is O=C(CCCNC(=O)C(F)(F)F)c1cc(NC(=O)C2C(c3cc(Cl)cc(Cl)c3)C2(Cl)Cl)ccc1Cl. The van der Waals surface area contributed by atoms with E-state index in [2.05, 4.69) is 5.32 Å². The maximum Gasteiger partial charge on any atom is 0.471 e. The molecular formula is C22H16Cl5F3N2O3. The average molecular weight is 591 g/mol. The highest BCUT2D eigenvalue weighted by Crippen LogP contribution is 2.65. The molecule has 5 nitrogen and oxygen atoms in total. The van der Waals surface area contributed by atoms with Crippen LogP contribution in [0.15, 0.2) is 36.4 Å². The van der Waals surface area contributed by atoms with Crippen molar-refractivity contribution < 1.29 is 27.6 Å². The molecule has 0 radical (unpaired) electrons. The van der Waals surface area contributed by atoms with Gasteiger partial charge in [-0.25, -0.2) is 0 Å². The molecule has 0 spiro atoms. The van der Waals surface area contributed by atoms with E-state index >= 15 is 0 Å². The Morgan fingerprint density at radius 2 is 1.60 bits per heavy atom. The van der Waals surface area contributed by atoms with Crippen molar-refractivity contribution in [1.82, 2.24) is 5.32 Å². The molecule has 3 rings (SSSR count). The first-order valence-electron chi connectivity index (χ1n) is 10.0. The number of anilines is 1. The van der Waals surface area contributed by atoms with Gasteiger partial charge in [-0.3, -0.25) is 14.4 Å². The van der Waals surface area contributed by atoms with Crippen LogP contribution in [0.4, 0.5) is 18.9 Å². The molecule has 0 aliphatic heterocycles. The molecule has 0 aromatic heterocycles. The van der Waals surface area contributed by atoms with E-state index in [9.17, 15) is 27.6 Å². The van der Waals surface area contributed by atoms with Gasteiger partial charge in [0.15, 0.2) is 5.78 Å². The summed E-state index contributed by atoms with van der Waals surface area (Å²) in [6, 6.07) is 8.96. The molecule has 2 aromatic carbocycles. The molecule has 35 heavy (non-hydrogen) atoms. The number of benzene rings is 2. The van der Waals surface area contributed by atoms with Gasteiger partial charge < -0.3 is 10.6 Å². The molecule has 1 saturated carbocycles. The molecule has 0 saturated heterocycles. The number of ketones is 1. The highest BCUT2D eigenvalue weighted by molar-refractivity contribution is 6.53. The summed E-state index contributed by atoms with van der Waals surface area (Å²) in [7, 11) is 0. The van der Waals surface area contributed by atoms with Crippen LogP contribution in [0.25, 0.3) is 0 Å². The Balaban J connectivity index is 1.64. The van der Waals surface area contributed by atoms with E-state index in [1.165, 1.54) is 24.3 Å². The van der Waals surface area contributed by atoms with Gasteiger partial charge in [0.2, 0.25) is 5.91 Å². The summed E-state index contributed by atoms with van der Waals surface area (Å²) >= 11 is 30.8. The van der Waals surface area contributed by atoms with E-state index in [1.54, 1.807) is 17.4 Å². The van der Waals surface area contributed by atoms with Gasteiger partial charge in [0.05, 0.1) is 10.9 Å². The van der Waals surface area contributed by atoms with Gasteiger partial charge in [0.25, 0.3) is 0 Å². The highest BCUT2D eigenvalue weighted by Gasteiger charge is 2.67. The van der Waals surface area contributed by atoms with Crippen LogP contribution in [-0.4, -0.2) is 34.7 Å². The Morgan fingerprint density at radius 1 is 0.971 bits per heavy atom. The van der Waals surface area contributed by atoms with Crippen LogP contribution in [0, 0.1) is 5.92 Å². The largest absolute Gasteiger partial charge is 0.471 e.